The number of hydrogen-bond donors (Lipinski definition) is 1. The van der Waals surface area contributed by atoms with Crippen molar-refractivity contribution >= 4 is 38.3 Å². The molecule has 0 rings (SSSR count). The van der Waals surface area contributed by atoms with E-state index in [0.717, 1.165) is 0 Å². The molecule has 94 valence electrons. The van der Waals surface area contributed by atoms with Crippen LogP contribution in [0.2, 0.25) is 11.1 Å². The van der Waals surface area contributed by atoms with E-state index in [1.165, 1.54) is 0 Å². The third kappa shape index (κ3) is 7.12. The van der Waals surface area contributed by atoms with Crippen LogP contribution in [-0.4, -0.2) is 57.6 Å². The molecule has 0 saturated heterocycles. The van der Waals surface area contributed by atoms with E-state index in [1.807, 2.05) is 0 Å². The van der Waals surface area contributed by atoms with E-state index in [0.29, 0.717) is 44.8 Å². The van der Waals surface area contributed by atoms with E-state index in [9.17, 15) is 9.59 Å². The first-order chi connectivity index (χ1) is 7.65. The van der Waals surface area contributed by atoms with Gasteiger partial charge in [0.1, 0.15) is 0 Å². The van der Waals surface area contributed by atoms with Crippen LogP contribution in [0, 0.1) is 0 Å². The molecular weight excluding hydrogens is 344 g/mol. The van der Waals surface area contributed by atoms with Gasteiger partial charge < -0.3 is 0 Å². The second-order valence-corrected chi connectivity index (χ2v) is 10.7. The molecule has 0 bridgehead atoms. The first kappa shape index (κ1) is 15.8. The van der Waals surface area contributed by atoms with E-state index in [2.05, 4.69) is 11.1 Å². The molecule has 0 fully saturated rings. The van der Waals surface area contributed by atoms with Crippen LogP contribution in [0.4, 0.5) is 4.79 Å². The number of amides is 1. The van der Waals surface area contributed by atoms with Gasteiger partial charge in [0.05, 0.1) is 0 Å². The Morgan fingerprint density at radius 3 is 2.38 bits per heavy atom. The number of nitrogens with one attached hydrogen (secondary N) is 1. The summed E-state index contributed by atoms with van der Waals surface area (Å²) >= 11 is 0.929. The first-order valence-electron chi connectivity index (χ1n) is 4.91. The maximum atomic E-state index is 11.5. The van der Waals surface area contributed by atoms with Crippen molar-refractivity contribution in [3.63, 3.8) is 0 Å². The number of carbonyl (C=O) groups is 2. The van der Waals surface area contributed by atoms with Gasteiger partial charge in [-0.3, -0.25) is 0 Å². The topological polar surface area (TPSA) is 64.6 Å². The van der Waals surface area contributed by atoms with Gasteiger partial charge in [-0.05, 0) is 0 Å². The molecule has 0 spiro atoms. The number of carbonyl (C=O) groups excluding carboxylic acids is 2. The molecule has 0 aromatic carbocycles. The molecule has 0 aromatic rings. The molecule has 0 heterocycles. The predicted octanol–water partition coefficient (Wildman–Crippen LogP) is 0.454. The summed E-state index contributed by atoms with van der Waals surface area (Å²) in [5.41, 5.74) is 0. The molecule has 0 saturated carbocycles. The molecule has 0 aliphatic rings. The summed E-state index contributed by atoms with van der Waals surface area (Å²) in [5, 5.41) is 3.20. The van der Waals surface area contributed by atoms with Gasteiger partial charge in [0.15, 0.2) is 0 Å². The first-order valence-corrected chi connectivity index (χ1v) is 12.2. The van der Waals surface area contributed by atoms with Crippen molar-refractivity contribution in [3.8, 4) is 0 Å². The Morgan fingerprint density at radius 2 is 1.88 bits per heavy atom. The molecule has 16 heavy (non-hydrogen) atoms. The standard InChI is InChI=1S/C9H17NO4Se2/c1-4-13-8(11)7(6-16-15-3)10-9(12)14-5-2/h7H,4-6H2,1-3H3,(H,10,12). The van der Waals surface area contributed by atoms with Crippen LogP contribution in [0.15, 0.2) is 0 Å². The quantitative estimate of drug-likeness (QED) is 0.529. The molecule has 0 aliphatic carbocycles. The monoisotopic (exact) mass is 363 g/mol. The third-order valence-corrected chi connectivity index (χ3v) is 7.02. The van der Waals surface area contributed by atoms with Crippen molar-refractivity contribution in [1.29, 1.82) is 0 Å². The zero-order valence-corrected chi connectivity index (χ0v) is 13.1. The molecule has 1 atom stereocenters. The summed E-state index contributed by atoms with van der Waals surface area (Å²) in [4.78, 5) is 22.7. The zero-order valence-electron chi connectivity index (χ0n) is 9.65. The molecule has 0 aromatic heterocycles. The molecule has 1 unspecified atom stereocenters. The van der Waals surface area contributed by atoms with Gasteiger partial charge >= 0.3 is 107 Å². The molecule has 1 amide bonds. The summed E-state index contributed by atoms with van der Waals surface area (Å²) in [6, 6.07) is -0.555. The minimum atomic E-state index is -0.556. The SMILES string of the molecule is CCOC(=O)NC(C[Se][Se]C)C(=O)OCC. The van der Waals surface area contributed by atoms with Crippen molar-refractivity contribution < 1.29 is 19.1 Å². The van der Waals surface area contributed by atoms with Crippen LogP contribution >= 0.6 is 0 Å². The normalized spacial score (nSPS) is 11.7. The molecule has 1 N–H and O–H groups in total. The zero-order chi connectivity index (χ0) is 12.4. The summed E-state index contributed by atoms with van der Waals surface area (Å²) in [6.45, 7) is 4.08. The van der Waals surface area contributed by atoms with Crippen molar-refractivity contribution in [2.24, 2.45) is 0 Å². The Bertz CT molecular complexity index is 226. The van der Waals surface area contributed by atoms with Crippen molar-refractivity contribution in [3.05, 3.63) is 0 Å². The average Bonchev–Trinajstić information content (AvgIpc) is 2.24. The van der Waals surface area contributed by atoms with E-state index in [4.69, 9.17) is 9.47 Å². The third-order valence-electron chi connectivity index (χ3n) is 1.49. The number of rotatable bonds is 7. The fourth-order valence-corrected chi connectivity index (χ4v) is 4.86. The molecule has 0 aliphatic heterocycles. The van der Waals surface area contributed by atoms with Gasteiger partial charge in [-0.25, -0.2) is 0 Å². The Kier molecular flexibility index (Phi) is 9.83. The predicted molar refractivity (Wildman–Crippen MR) is 62.8 cm³/mol. The summed E-state index contributed by atoms with van der Waals surface area (Å²) < 4.78 is 9.62. The van der Waals surface area contributed by atoms with Gasteiger partial charge in [0.2, 0.25) is 0 Å². The fraction of sp³-hybridized carbons (Fsp3) is 0.778. The maximum absolute atomic E-state index is 11.5. The van der Waals surface area contributed by atoms with Gasteiger partial charge in [0.25, 0.3) is 0 Å². The second-order valence-electron chi connectivity index (χ2n) is 2.62. The Labute approximate surface area is 107 Å². The number of esters is 1. The van der Waals surface area contributed by atoms with Gasteiger partial charge in [-0.15, -0.1) is 0 Å². The molecule has 5 nitrogen and oxygen atoms in total. The van der Waals surface area contributed by atoms with Gasteiger partial charge in [-0.2, -0.15) is 0 Å². The average molecular weight is 361 g/mol. The van der Waals surface area contributed by atoms with Crippen molar-refractivity contribution in [2.45, 2.75) is 31.0 Å². The second kappa shape index (κ2) is 9.97. The Balaban J connectivity index is 4.18. The fourth-order valence-electron chi connectivity index (χ4n) is 0.863. The number of ether oxygens (including phenoxy) is 2. The molecule has 7 heteroatoms. The van der Waals surface area contributed by atoms with E-state index in [-0.39, 0.29) is 5.97 Å². The number of alkyl carbamates (subject to hydrolysis) is 1. The molecular formula is C9H17NO4Se2. The van der Waals surface area contributed by atoms with Crippen molar-refractivity contribution in [2.75, 3.05) is 13.2 Å². The van der Waals surface area contributed by atoms with Crippen LogP contribution in [0.25, 0.3) is 0 Å². The van der Waals surface area contributed by atoms with Crippen LogP contribution in [0.1, 0.15) is 13.8 Å². The van der Waals surface area contributed by atoms with Gasteiger partial charge in [0, 0.05) is 0 Å². The van der Waals surface area contributed by atoms with Crippen molar-refractivity contribution in [1.82, 2.24) is 5.32 Å². The van der Waals surface area contributed by atoms with E-state index < -0.39 is 12.1 Å². The van der Waals surface area contributed by atoms with E-state index in [1.54, 1.807) is 13.8 Å². The Morgan fingerprint density at radius 1 is 1.25 bits per heavy atom. The van der Waals surface area contributed by atoms with Crippen LogP contribution < -0.4 is 5.32 Å². The Hall–Kier alpha value is -0.221. The summed E-state index contributed by atoms with van der Waals surface area (Å²) in [6.07, 6.45) is -0.556. The van der Waals surface area contributed by atoms with Crippen LogP contribution in [0.3, 0.4) is 0 Å². The van der Waals surface area contributed by atoms with Gasteiger partial charge in [-0.1, -0.05) is 0 Å². The van der Waals surface area contributed by atoms with Crippen LogP contribution in [0.5, 0.6) is 0 Å². The molecule has 0 radical (unpaired) electrons. The minimum absolute atomic E-state index is 0.296. The van der Waals surface area contributed by atoms with E-state index >= 15 is 0 Å². The number of hydrogen-bond acceptors (Lipinski definition) is 4. The summed E-state index contributed by atoms with van der Waals surface area (Å²) in [7, 11) is 0. The van der Waals surface area contributed by atoms with Crippen LogP contribution in [-0.2, 0) is 14.3 Å². The summed E-state index contributed by atoms with van der Waals surface area (Å²) in [5.74, 6) is 1.74.